The van der Waals surface area contributed by atoms with E-state index in [1.54, 1.807) is 71.9 Å². The Morgan fingerprint density at radius 2 is 1.13 bits per heavy atom. The number of aliphatic hydroxyl groups is 2. The quantitative estimate of drug-likeness (QED) is 0.0776. The third kappa shape index (κ3) is 16.2. The van der Waals surface area contributed by atoms with Crippen molar-refractivity contribution in [2.75, 3.05) is 23.7 Å². The van der Waals surface area contributed by atoms with Gasteiger partial charge in [-0.3, -0.25) is 19.7 Å². The zero-order valence-corrected chi connectivity index (χ0v) is 29.8. The first-order valence-corrected chi connectivity index (χ1v) is 15.8. The fourth-order valence-corrected chi connectivity index (χ4v) is 3.88. The molecule has 0 heterocycles. The van der Waals surface area contributed by atoms with E-state index in [9.17, 15) is 39.5 Å². The molecule has 17 heteroatoms. The molecule has 0 aliphatic heterocycles. The highest BCUT2D eigenvalue weighted by Gasteiger charge is 2.18. The molecule has 4 amide bonds. The monoisotopic (exact) mass is 727 g/mol. The van der Waals surface area contributed by atoms with Crippen molar-refractivity contribution in [1.29, 1.82) is 0 Å². The van der Waals surface area contributed by atoms with Gasteiger partial charge < -0.3 is 50.8 Å². The second-order valence-electron chi connectivity index (χ2n) is 13.0. The van der Waals surface area contributed by atoms with Crippen molar-refractivity contribution >= 4 is 41.1 Å². The highest BCUT2D eigenvalue weighted by atomic mass is 16.6. The van der Waals surface area contributed by atoms with Gasteiger partial charge in [-0.25, -0.2) is 9.59 Å². The largest absolute Gasteiger partial charge is 0.506 e. The normalized spacial score (nSPS) is 10.8. The Kier molecular flexibility index (Phi) is 15.8. The number of hydrogen-bond donors (Lipinski definition) is 7. The van der Waals surface area contributed by atoms with Gasteiger partial charge in [-0.15, -0.1) is 0 Å². The van der Waals surface area contributed by atoms with Gasteiger partial charge in [0.2, 0.25) is 11.8 Å². The summed E-state index contributed by atoms with van der Waals surface area (Å²) in [6.45, 7) is 9.32. The number of nitrogens with one attached hydrogen (secondary N) is 4. The molecule has 0 aliphatic carbocycles. The van der Waals surface area contributed by atoms with Crippen LogP contribution in [0.1, 0.15) is 58.2 Å². The number of ether oxygens (including phenoxy) is 3. The molecule has 3 aromatic rings. The van der Waals surface area contributed by atoms with Crippen LogP contribution in [-0.4, -0.2) is 68.5 Å². The third-order valence-electron chi connectivity index (χ3n) is 6.14. The molecule has 282 valence electrons. The minimum absolute atomic E-state index is 0.0264. The van der Waals surface area contributed by atoms with Crippen LogP contribution in [0.4, 0.5) is 26.7 Å². The first-order chi connectivity index (χ1) is 24.3. The van der Waals surface area contributed by atoms with Gasteiger partial charge in [0.1, 0.15) is 42.4 Å². The zero-order chi connectivity index (χ0) is 39.1. The maximum atomic E-state index is 12.2. The Morgan fingerprint density at radius 1 is 0.692 bits per heavy atom. The molecule has 7 N–H and O–H groups in total. The first-order valence-electron chi connectivity index (χ1n) is 15.8. The molecule has 0 radical (unpaired) electrons. The summed E-state index contributed by atoms with van der Waals surface area (Å²) in [5, 5.41) is 48.4. The van der Waals surface area contributed by atoms with Crippen LogP contribution in [0.2, 0.25) is 0 Å². The molecule has 0 fully saturated rings. The van der Waals surface area contributed by atoms with E-state index in [1.807, 2.05) is 0 Å². The summed E-state index contributed by atoms with van der Waals surface area (Å²) in [7, 11) is 0. The number of non-ortho nitro benzene ring substituents is 1. The Morgan fingerprint density at radius 3 is 1.60 bits per heavy atom. The second-order valence-corrected chi connectivity index (χ2v) is 13.0. The van der Waals surface area contributed by atoms with Crippen LogP contribution in [0.3, 0.4) is 0 Å². The van der Waals surface area contributed by atoms with E-state index in [0.29, 0.717) is 28.1 Å². The van der Waals surface area contributed by atoms with E-state index in [1.165, 1.54) is 30.3 Å². The first kappa shape index (κ1) is 42.2. The highest BCUT2D eigenvalue weighted by molar-refractivity contribution is 5.96. The number of anilines is 2. The van der Waals surface area contributed by atoms with E-state index in [2.05, 4.69) is 21.3 Å². The number of aliphatic hydroxyl groups excluding tert-OH is 2. The van der Waals surface area contributed by atoms with Gasteiger partial charge in [0.15, 0.2) is 0 Å². The number of carbonyl (C=O) groups is 4. The molecule has 0 saturated heterocycles. The van der Waals surface area contributed by atoms with Crippen LogP contribution in [-0.2, 0) is 38.9 Å². The van der Waals surface area contributed by atoms with Crippen LogP contribution in [0.15, 0.2) is 60.7 Å². The average molecular weight is 728 g/mol. The molecule has 0 saturated carbocycles. The maximum absolute atomic E-state index is 12.2. The minimum atomic E-state index is -0.721. The summed E-state index contributed by atoms with van der Waals surface area (Å²) >= 11 is 0. The number of benzene rings is 3. The van der Waals surface area contributed by atoms with Gasteiger partial charge in [0.25, 0.3) is 5.69 Å². The van der Waals surface area contributed by atoms with Crippen molar-refractivity contribution in [3.05, 3.63) is 87.5 Å². The summed E-state index contributed by atoms with van der Waals surface area (Å²) in [5.41, 5.74) is 0.911. The third-order valence-corrected chi connectivity index (χ3v) is 6.14. The number of nitro benzene ring substituents is 1. The average Bonchev–Trinajstić information content (AvgIpc) is 3.05. The number of phenols is 1. The van der Waals surface area contributed by atoms with Crippen molar-refractivity contribution in [2.24, 2.45) is 0 Å². The van der Waals surface area contributed by atoms with Crippen LogP contribution >= 0.6 is 0 Å². The lowest BCUT2D eigenvalue weighted by molar-refractivity contribution is -0.384. The Bertz CT molecular complexity index is 1700. The molecular weight excluding hydrogens is 682 g/mol. The SMILES string of the molecule is CC(C)(C)OC(=O)NCC(=O)Nc1cc(CO)ccc1O.CC(C)(C)OC(=O)NCC(=O)Nc1cc(CO)ccc1OCc1ccc([N+](=O)[O-])cc1. The molecule has 0 aromatic heterocycles. The van der Waals surface area contributed by atoms with Crippen molar-refractivity contribution in [3.63, 3.8) is 0 Å². The van der Waals surface area contributed by atoms with Crippen molar-refractivity contribution < 1.29 is 53.6 Å². The molecule has 3 aromatic carbocycles. The molecule has 0 spiro atoms. The number of amides is 4. The van der Waals surface area contributed by atoms with E-state index in [0.717, 1.165) is 0 Å². The van der Waals surface area contributed by atoms with Gasteiger partial charge in [-0.2, -0.15) is 0 Å². The molecule has 0 bridgehead atoms. The summed E-state index contributed by atoms with van der Waals surface area (Å²) in [5.74, 6) is -0.827. The molecule has 0 unspecified atom stereocenters. The summed E-state index contributed by atoms with van der Waals surface area (Å²) in [6.07, 6.45) is -1.42. The van der Waals surface area contributed by atoms with Crippen LogP contribution in [0.25, 0.3) is 0 Å². The lowest BCUT2D eigenvalue weighted by Gasteiger charge is -2.19. The lowest BCUT2D eigenvalue weighted by Crippen LogP contribution is -2.37. The summed E-state index contributed by atoms with van der Waals surface area (Å²) in [4.78, 5) is 57.3. The van der Waals surface area contributed by atoms with Gasteiger partial charge in [0, 0.05) is 12.1 Å². The van der Waals surface area contributed by atoms with Crippen molar-refractivity contribution in [2.45, 2.75) is 72.6 Å². The molecule has 52 heavy (non-hydrogen) atoms. The highest BCUT2D eigenvalue weighted by Crippen LogP contribution is 2.27. The number of nitrogens with zero attached hydrogens (tertiary/aromatic N) is 1. The van der Waals surface area contributed by atoms with Gasteiger partial charge in [-0.1, -0.05) is 12.1 Å². The number of aromatic hydroxyl groups is 1. The number of rotatable bonds is 12. The van der Waals surface area contributed by atoms with Crippen LogP contribution in [0, 0.1) is 10.1 Å². The van der Waals surface area contributed by atoms with E-state index in [-0.39, 0.29) is 50.0 Å². The standard InChI is InChI=1S/C21H25N3O7.C14H20N2O5/c1-21(2,3)31-20(27)22-11-19(26)23-17-10-15(12-25)6-9-18(17)30-13-14-4-7-16(8-5-14)24(28)29;1-14(2,3)21-13(20)15-7-12(19)16-10-6-9(8-17)4-5-11(10)18/h4-10,25H,11-13H2,1-3H3,(H,22,27)(H,23,26);4-6,17-18H,7-8H2,1-3H3,(H,15,20)(H,16,19). The topological polar surface area (TPSA) is 248 Å². The fraction of sp³-hybridized carbons (Fsp3) is 0.371. The Balaban J connectivity index is 0.000000389. The lowest BCUT2D eigenvalue weighted by atomic mass is 10.2. The minimum Gasteiger partial charge on any atom is -0.506 e. The van der Waals surface area contributed by atoms with E-state index < -0.39 is 40.1 Å². The molecule has 0 atom stereocenters. The van der Waals surface area contributed by atoms with Gasteiger partial charge in [0.05, 0.1) is 29.5 Å². The van der Waals surface area contributed by atoms with Crippen molar-refractivity contribution in [1.82, 2.24) is 10.6 Å². The number of carbonyl (C=O) groups excluding carboxylic acids is 4. The van der Waals surface area contributed by atoms with Crippen LogP contribution in [0.5, 0.6) is 11.5 Å². The summed E-state index contributed by atoms with van der Waals surface area (Å²) < 4.78 is 15.8. The number of hydrogen-bond acceptors (Lipinski definition) is 12. The molecule has 17 nitrogen and oxygen atoms in total. The Labute approximate surface area is 300 Å². The van der Waals surface area contributed by atoms with Crippen molar-refractivity contribution in [3.8, 4) is 11.5 Å². The molecular formula is C35H45N5O12. The summed E-state index contributed by atoms with van der Waals surface area (Å²) in [6, 6.07) is 15.0. The maximum Gasteiger partial charge on any atom is 0.408 e. The number of alkyl carbamates (subject to hydrolysis) is 2. The van der Waals surface area contributed by atoms with E-state index in [4.69, 9.17) is 19.3 Å². The molecule has 3 rings (SSSR count). The predicted octanol–water partition coefficient (Wildman–Crippen LogP) is 4.48. The number of phenolic OH excluding ortho intramolecular Hbond substituents is 1. The van der Waals surface area contributed by atoms with Crippen LogP contribution < -0.4 is 26.0 Å². The van der Waals surface area contributed by atoms with Gasteiger partial charge in [-0.05, 0) is 94.6 Å². The van der Waals surface area contributed by atoms with E-state index >= 15 is 0 Å². The zero-order valence-electron chi connectivity index (χ0n) is 29.8. The molecule has 0 aliphatic rings. The Hall–Kier alpha value is -5.94. The smallest absolute Gasteiger partial charge is 0.408 e. The second kappa shape index (κ2) is 19.5. The predicted molar refractivity (Wildman–Crippen MR) is 190 cm³/mol. The van der Waals surface area contributed by atoms with Gasteiger partial charge >= 0.3 is 12.2 Å². The fourth-order valence-electron chi connectivity index (χ4n) is 3.88. The number of nitro groups is 1.